The Morgan fingerprint density at radius 2 is 2.00 bits per heavy atom. The average molecular weight is 341 g/mol. The number of nitrogens with one attached hydrogen (secondary N) is 1. The van der Waals surface area contributed by atoms with Crippen molar-refractivity contribution >= 4 is 12.0 Å². The van der Waals surface area contributed by atoms with Crippen LogP contribution < -0.4 is 24.3 Å². The van der Waals surface area contributed by atoms with Gasteiger partial charge in [0, 0.05) is 18.2 Å². The van der Waals surface area contributed by atoms with Gasteiger partial charge in [0.15, 0.2) is 23.0 Å². The van der Waals surface area contributed by atoms with Gasteiger partial charge in [0.05, 0.1) is 14.2 Å². The minimum Gasteiger partial charge on any atom is -0.493 e. The second kappa shape index (κ2) is 7.61. The molecule has 0 fully saturated rings. The molecule has 0 atom stereocenters. The Bertz CT molecular complexity index is 800. The third-order valence-corrected chi connectivity index (χ3v) is 3.76. The predicted molar refractivity (Wildman–Crippen MR) is 93.0 cm³/mol. The van der Waals surface area contributed by atoms with Crippen LogP contribution in [-0.2, 0) is 11.3 Å². The van der Waals surface area contributed by atoms with Crippen LogP contribution in [0.2, 0.25) is 0 Å². The highest BCUT2D eigenvalue weighted by Crippen LogP contribution is 2.33. The zero-order chi connectivity index (χ0) is 17.6. The van der Waals surface area contributed by atoms with Crippen molar-refractivity contribution in [2.45, 2.75) is 6.54 Å². The maximum Gasteiger partial charge on any atom is 0.244 e. The molecule has 0 bridgehead atoms. The SMILES string of the molecule is COc1cccc(CNC(=O)/C=C/c2ccc3c(c2)OCO3)c1OC. The summed E-state index contributed by atoms with van der Waals surface area (Å²) in [6.07, 6.45) is 3.20. The number of benzene rings is 2. The number of fused-ring (bicyclic) bond motifs is 1. The fourth-order valence-electron chi connectivity index (χ4n) is 2.52. The lowest BCUT2D eigenvalue weighted by atomic mass is 10.1. The fourth-order valence-corrected chi connectivity index (χ4v) is 2.52. The highest BCUT2D eigenvalue weighted by Gasteiger charge is 2.12. The largest absolute Gasteiger partial charge is 0.493 e. The van der Waals surface area contributed by atoms with Gasteiger partial charge in [0.25, 0.3) is 0 Å². The van der Waals surface area contributed by atoms with Crippen molar-refractivity contribution in [1.29, 1.82) is 0 Å². The van der Waals surface area contributed by atoms with Crippen LogP contribution in [0.15, 0.2) is 42.5 Å². The molecule has 3 rings (SSSR count). The summed E-state index contributed by atoms with van der Waals surface area (Å²) >= 11 is 0. The van der Waals surface area contributed by atoms with Gasteiger partial charge in [0.2, 0.25) is 12.7 Å². The lowest BCUT2D eigenvalue weighted by Gasteiger charge is -2.12. The Morgan fingerprint density at radius 1 is 1.16 bits per heavy atom. The number of carbonyl (C=O) groups is 1. The molecule has 1 heterocycles. The summed E-state index contributed by atoms with van der Waals surface area (Å²) in [5.74, 6) is 2.44. The van der Waals surface area contributed by atoms with Crippen molar-refractivity contribution in [3.63, 3.8) is 0 Å². The fraction of sp³-hybridized carbons (Fsp3) is 0.211. The van der Waals surface area contributed by atoms with Crippen molar-refractivity contribution in [2.24, 2.45) is 0 Å². The number of ether oxygens (including phenoxy) is 4. The van der Waals surface area contributed by atoms with Crippen molar-refractivity contribution in [3.8, 4) is 23.0 Å². The molecule has 2 aromatic rings. The summed E-state index contributed by atoms with van der Waals surface area (Å²) < 4.78 is 21.2. The van der Waals surface area contributed by atoms with E-state index in [0.29, 0.717) is 29.5 Å². The third-order valence-electron chi connectivity index (χ3n) is 3.76. The van der Waals surface area contributed by atoms with E-state index in [2.05, 4.69) is 5.32 Å². The molecule has 1 aliphatic rings. The molecular formula is C19H19NO5. The Balaban J connectivity index is 1.62. The van der Waals surface area contributed by atoms with Crippen molar-refractivity contribution in [1.82, 2.24) is 5.32 Å². The molecule has 2 aromatic carbocycles. The molecule has 0 aromatic heterocycles. The van der Waals surface area contributed by atoms with E-state index in [9.17, 15) is 4.79 Å². The minimum atomic E-state index is -0.206. The van der Waals surface area contributed by atoms with Gasteiger partial charge in [-0.3, -0.25) is 4.79 Å². The summed E-state index contributed by atoms with van der Waals surface area (Å²) in [5.41, 5.74) is 1.70. The molecule has 0 aliphatic carbocycles. The number of para-hydroxylation sites is 1. The molecule has 1 N–H and O–H groups in total. The standard InChI is InChI=1S/C19H19NO5/c1-22-16-5-3-4-14(19(16)23-2)11-20-18(21)9-7-13-6-8-15-17(10-13)25-12-24-15/h3-10H,11-12H2,1-2H3,(H,20,21)/b9-7+. The molecule has 0 unspecified atom stereocenters. The highest BCUT2D eigenvalue weighted by molar-refractivity contribution is 5.91. The molecule has 25 heavy (non-hydrogen) atoms. The van der Waals surface area contributed by atoms with Crippen molar-refractivity contribution in [2.75, 3.05) is 21.0 Å². The van der Waals surface area contributed by atoms with Gasteiger partial charge in [-0.1, -0.05) is 18.2 Å². The van der Waals surface area contributed by atoms with Gasteiger partial charge < -0.3 is 24.3 Å². The third kappa shape index (κ3) is 3.85. The Morgan fingerprint density at radius 3 is 2.80 bits per heavy atom. The maximum atomic E-state index is 12.1. The topological polar surface area (TPSA) is 66.0 Å². The van der Waals surface area contributed by atoms with E-state index < -0.39 is 0 Å². The average Bonchev–Trinajstić information content (AvgIpc) is 3.11. The molecule has 130 valence electrons. The summed E-state index contributed by atoms with van der Waals surface area (Å²) in [6, 6.07) is 11.1. The van der Waals surface area contributed by atoms with E-state index >= 15 is 0 Å². The van der Waals surface area contributed by atoms with E-state index in [1.165, 1.54) is 6.08 Å². The van der Waals surface area contributed by atoms with E-state index in [-0.39, 0.29) is 12.7 Å². The molecule has 1 aliphatic heterocycles. The van der Waals surface area contributed by atoms with E-state index in [1.807, 2.05) is 36.4 Å². The molecule has 6 heteroatoms. The quantitative estimate of drug-likeness (QED) is 0.819. The van der Waals surface area contributed by atoms with Gasteiger partial charge in [-0.2, -0.15) is 0 Å². The minimum absolute atomic E-state index is 0.206. The number of carbonyl (C=O) groups excluding carboxylic acids is 1. The normalized spacial score (nSPS) is 12.2. The van der Waals surface area contributed by atoms with Crippen LogP contribution in [0.5, 0.6) is 23.0 Å². The number of hydrogen-bond donors (Lipinski definition) is 1. The highest BCUT2D eigenvalue weighted by atomic mass is 16.7. The number of rotatable bonds is 6. The summed E-state index contributed by atoms with van der Waals surface area (Å²) in [7, 11) is 3.15. The van der Waals surface area contributed by atoms with Gasteiger partial charge in [-0.25, -0.2) is 0 Å². The first-order valence-corrected chi connectivity index (χ1v) is 7.76. The molecule has 0 saturated carbocycles. The zero-order valence-electron chi connectivity index (χ0n) is 14.1. The lowest BCUT2D eigenvalue weighted by Crippen LogP contribution is -2.20. The lowest BCUT2D eigenvalue weighted by molar-refractivity contribution is -0.116. The van der Waals surface area contributed by atoms with Crippen LogP contribution in [0.25, 0.3) is 6.08 Å². The summed E-state index contributed by atoms with van der Waals surface area (Å²) in [6.45, 7) is 0.566. The van der Waals surface area contributed by atoms with Crippen LogP contribution in [0, 0.1) is 0 Å². The van der Waals surface area contributed by atoms with Crippen molar-refractivity contribution in [3.05, 3.63) is 53.6 Å². The molecule has 6 nitrogen and oxygen atoms in total. The van der Waals surface area contributed by atoms with Crippen LogP contribution in [-0.4, -0.2) is 26.9 Å². The smallest absolute Gasteiger partial charge is 0.244 e. The van der Waals surface area contributed by atoms with Gasteiger partial charge in [0.1, 0.15) is 0 Å². The second-order valence-corrected chi connectivity index (χ2v) is 5.32. The van der Waals surface area contributed by atoms with Gasteiger partial charge >= 0.3 is 0 Å². The van der Waals surface area contributed by atoms with Crippen LogP contribution in [0.1, 0.15) is 11.1 Å². The molecular weight excluding hydrogens is 322 g/mol. The molecule has 0 saturated heterocycles. The number of methoxy groups -OCH3 is 2. The Kier molecular flexibility index (Phi) is 5.09. The first kappa shape index (κ1) is 16.7. The van der Waals surface area contributed by atoms with E-state index in [1.54, 1.807) is 20.3 Å². The Labute approximate surface area is 146 Å². The van der Waals surface area contributed by atoms with Crippen LogP contribution >= 0.6 is 0 Å². The number of amides is 1. The van der Waals surface area contributed by atoms with Crippen LogP contribution in [0.4, 0.5) is 0 Å². The van der Waals surface area contributed by atoms with E-state index in [4.69, 9.17) is 18.9 Å². The zero-order valence-corrected chi connectivity index (χ0v) is 14.1. The van der Waals surface area contributed by atoms with Crippen LogP contribution in [0.3, 0.4) is 0 Å². The summed E-state index contributed by atoms with van der Waals surface area (Å²) in [4.78, 5) is 12.1. The van der Waals surface area contributed by atoms with Gasteiger partial charge in [-0.05, 0) is 29.8 Å². The first-order chi connectivity index (χ1) is 12.2. The maximum absolute atomic E-state index is 12.1. The molecule has 0 spiro atoms. The molecule has 1 amide bonds. The summed E-state index contributed by atoms with van der Waals surface area (Å²) in [5, 5.41) is 2.83. The first-order valence-electron chi connectivity index (χ1n) is 7.76. The number of hydrogen-bond acceptors (Lipinski definition) is 5. The monoisotopic (exact) mass is 341 g/mol. The van der Waals surface area contributed by atoms with E-state index in [0.717, 1.165) is 11.1 Å². The Hall–Kier alpha value is -3.15. The predicted octanol–water partition coefficient (Wildman–Crippen LogP) is 2.76. The van der Waals surface area contributed by atoms with Gasteiger partial charge in [-0.15, -0.1) is 0 Å². The molecule has 0 radical (unpaired) electrons. The van der Waals surface area contributed by atoms with Crippen molar-refractivity contribution < 1.29 is 23.7 Å². The second-order valence-electron chi connectivity index (χ2n) is 5.32.